The van der Waals surface area contributed by atoms with Gasteiger partial charge in [0, 0.05) is 11.8 Å². The number of ether oxygens (including phenoxy) is 1. The van der Waals surface area contributed by atoms with Crippen molar-refractivity contribution in [3.8, 4) is 0 Å². The number of rotatable bonds is 6. The summed E-state index contributed by atoms with van der Waals surface area (Å²) in [6.45, 7) is 15.6. The second-order valence-electron chi connectivity index (χ2n) is 8.58. The number of carbonyl (C=O) groups excluding carboxylic acids is 2. The van der Waals surface area contributed by atoms with E-state index in [0.29, 0.717) is 15.3 Å². The van der Waals surface area contributed by atoms with Crippen molar-refractivity contribution in [3.05, 3.63) is 29.6 Å². The molecule has 0 aliphatic heterocycles. The van der Waals surface area contributed by atoms with Gasteiger partial charge in [-0.25, -0.2) is 0 Å². The molecule has 0 spiro atoms. The van der Waals surface area contributed by atoms with E-state index < -0.39 is 17.2 Å². The van der Waals surface area contributed by atoms with Gasteiger partial charge in [0.2, 0.25) is 9.76 Å². The second-order valence-corrected chi connectivity index (χ2v) is 10.5. The highest BCUT2D eigenvalue weighted by Gasteiger charge is 2.27. The van der Waals surface area contributed by atoms with Crippen LogP contribution in [0, 0.1) is 0 Å². The summed E-state index contributed by atoms with van der Waals surface area (Å²) in [5, 5.41) is 0.0839. The van der Waals surface area contributed by atoms with E-state index in [1.54, 1.807) is 32.9 Å². The SMILES string of the molecule is CC(C)(C)OC(=O)CC(=O)c1ccc(C(C)(C)O[Si]C(C)(C)C)nc1. The molecule has 1 aromatic heterocycles. The topological polar surface area (TPSA) is 65.5 Å². The van der Waals surface area contributed by atoms with Crippen LogP contribution in [0.1, 0.15) is 77.9 Å². The van der Waals surface area contributed by atoms with Crippen molar-refractivity contribution in [1.29, 1.82) is 0 Å². The van der Waals surface area contributed by atoms with Gasteiger partial charge in [-0.1, -0.05) is 20.8 Å². The third-order valence-corrected chi connectivity index (χ3v) is 4.26. The van der Waals surface area contributed by atoms with Gasteiger partial charge in [-0.15, -0.1) is 0 Å². The molecule has 0 aromatic carbocycles. The minimum atomic E-state index is -0.603. The van der Waals surface area contributed by atoms with Gasteiger partial charge in [0.15, 0.2) is 5.78 Å². The van der Waals surface area contributed by atoms with Gasteiger partial charge in [0.1, 0.15) is 12.0 Å². The van der Waals surface area contributed by atoms with Crippen molar-refractivity contribution >= 4 is 21.5 Å². The van der Waals surface area contributed by atoms with Crippen LogP contribution in [0.4, 0.5) is 0 Å². The molecule has 0 unspecified atom stereocenters. The first-order chi connectivity index (χ1) is 11.2. The lowest BCUT2D eigenvalue weighted by Crippen LogP contribution is -2.28. The van der Waals surface area contributed by atoms with Crippen LogP contribution >= 0.6 is 0 Å². The summed E-state index contributed by atoms with van der Waals surface area (Å²) < 4.78 is 11.2. The van der Waals surface area contributed by atoms with E-state index in [2.05, 4.69) is 25.8 Å². The van der Waals surface area contributed by atoms with Crippen LogP contribution in [0.3, 0.4) is 0 Å². The van der Waals surface area contributed by atoms with E-state index in [1.165, 1.54) is 6.20 Å². The molecule has 5 nitrogen and oxygen atoms in total. The number of aromatic nitrogens is 1. The van der Waals surface area contributed by atoms with E-state index in [4.69, 9.17) is 9.16 Å². The molecule has 0 saturated carbocycles. The monoisotopic (exact) mass is 363 g/mol. The predicted molar refractivity (Wildman–Crippen MR) is 98.6 cm³/mol. The van der Waals surface area contributed by atoms with Crippen molar-refractivity contribution in [1.82, 2.24) is 4.98 Å². The van der Waals surface area contributed by atoms with Gasteiger partial charge in [-0.05, 0) is 51.8 Å². The van der Waals surface area contributed by atoms with Crippen LogP contribution in [0.15, 0.2) is 18.3 Å². The highest BCUT2D eigenvalue weighted by atomic mass is 28.2. The zero-order valence-corrected chi connectivity index (χ0v) is 17.5. The number of hydrogen-bond donors (Lipinski definition) is 0. The van der Waals surface area contributed by atoms with Crippen molar-refractivity contribution in [3.63, 3.8) is 0 Å². The molecule has 1 rings (SSSR count). The van der Waals surface area contributed by atoms with Crippen molar-refractivity contribution in [2.45, 2.75) is 78.1 Å². The second kappa shape index (κ2) is 7.79. The molecule has 1 heterocycles. The van der Waals surface area contributed by atoms with Gasteiger partial charge in [0.05, 0.1) is 11.3 Å². The van der Waals surface area contributed by atoms with Gasteiger partial charge in [-0.2, -0.15) is 0 Å². The first kappa shape index (κ1) is 21.5. The van der Waals surface area contributed by atoms with Gasteiger partial charge in [-0.3, -0.25) is 14.6 Å². The molecule has 0 amide bonds. The molecule has 0 aliphatic carbocycles. The lowest BCUT2D eigenvalue weighted by molar-refractivity contribution is -0.153. The Balaban J connectivity index is 2.75. The molecule has 0 fully saturated rings. The van der Waals surface area contributed by atoms with Crippen LogP contribution in [-0.4, -0.2) is 32.1 Å². The number of nitrogens with zero attached hydrogens (tertiary/aromatic N) is 1. The van der Waals surface area contributed by atoms with Crippen LogP contribution in [0.2, 0.25) is 5.04 Å². The first-order valence-electron chi connectivity index (χ1n) is 8.36. The minimum Gasteiger partial charge on any atom is -0.460 e. The average molecular weight is 364 g/mol. The summed E-state index contributed by atoms with van der Waals surface area (Å²) in [6, 6.07) is 3.45. The fraction of sp³-hybridized carbons (Fsp3) is 0.632. The van der Waals surface area contributed by atoms with Crippen molar-refractivity contribution < 1.29 is 18.8 Å². The smallest absolute Gasteiger partial charge is 0.314 e. The van der Waals surface area contributed by atoms with Crippen LogP contribution in [0.25, 0.3) is 0 Å². The fourth-order valence-corrected chi connectivity index (χ4v) is 2.52. The third-order valence-electron chi connectivity index (χ3n) is 3.04. The zero-order chi connectivity index (χ0) is 19.5. The number of pyridine rings is 1. The largest absolute Gasteiger partial charge is 0.460 e. The number of ketones is 1. The molecule has 0 N–H and O–H groups in total. The fourth-order valence-electron chi connectivity index (χ4n) is 1.86. The summed E-state index contributed by atoms with van der Waals surface area (Å²) in [5.74, 6) is -0.833. The van der Waals surface area contributed by atoms with E-state index in [0.717, 1.165) is 5.69 Å². The normalized spacial score (nSPS) is 12.8. The Bertz CT molecular complexity index is 610. The average Bonchev–Trinajstić information content (AvgIpc) is 2.42. The number of hydrogen-bond acceptors (Lipinski definition) is 5. The summed E-state index contributed by atoms with van der Waals surface area (Å²) in [7, 11) is 0.334. The lowest BCUT2D eigenvalue weighted by Gasteiger charge is -2.28. The van der Waals surface area contributed by atoms with Crippen molar-refractivity contribution in [2.24, 2.45) is 0 Å². The van der Waals surface area contributed by atoms with Crippen molar-refractivity contribution in [2.75, 3.05) is 0 Å². The van der Waals surface area contributed by atoms with Crippen LogP contribution < -0.4 is 0 Å². The molecule has 0 aliphatic rings. The summed E-state index contributed by atoms with van der Waals surface area (Å²) in [6.07, 6.45) is 1.21. The predicted octanol–water partition coefficient (Wildman–Crippen LogP) is 4.09. The molecule has 6 heteroatoms. The summed E-state index contributed by atoms with van der Waals surface area (Å²) >= 11 is 0. The number of Topliss-reactive ketones (excluding diaryl/α,β-unsaturated/α-hetero) is 1. The van der Waals surface area contributed by atoms with Gasteiger partial charge < -0.3 is 9.16 Å². The molecule has 0 atom stereocenters. The van der Waals surface area contributed by atoms with Gasteiger partial charge in [0.25, 0.3) is 0 Å². The highest BCUT2D eigenvalue weighted by Crippen LogP contribution is 2.28. The molecule has 0 saturated heterocycles. The maximum Gasteiger partial charge on any atom is 0.314 e. The van der Waals surface area contributed by atoms with E-state index in [-0.39, 0.29) is 17.2 Å². The third kappa shape index (κ3) is 7.92. The van der Waals surface area contributed by atoms with E-state index in [1.807, 2.05) is 13.8 Å². The molecule has 0 bridgehead atoms. The summed E-state index contributed by atoms with van der Waals surface area (Å²) in [5.41, 5.74) is -0.00519. The Morgan fingerprint density at radius 3 is 2.08 bits per heavy atom. The molecule has 1 aromatic rings. The zero-order valence-electron chi connectivity index (χ0n) is 16.5. The molecule has 2 radical (unpaired) electrons. The highest BCUT2D eigenvalue weighted by molar-refractivity contribution is 6.31. The lowest BCUT2D eigenvalue weighted by atomic mass is 10.0. The quantitative estimate of drug-likeness (QED) is 0.330. The Kier molecular flexibility index (Phi) is 6.70. The Hall–Kier alpha value is -1.53. The number of esters is 1. The number of carbonyl (C=O) groups is 2. The summed E-state index contributed by atoms with van der Waals surface area (Å²) in [4.78, 5) is 28.3. The van der Waals surface area contributed by atoms with Crippen LogP contribution in [0.5, 0.6) is 0 Å². The maximum atomic E-state index is 12.2. The molecule has 25 heavy (non-hydrogen) atoms. The Labute approximate surface area is 153 Å². The molecular weight excluding hydrogens is 334 g/mol. The van der Waals surface area contributed by atoms with Crippen LogP contribution in [-0.2, 0) is 19.6 Å². The maximum absolute atomic E-state index is 12.2. The minimum absolute atomic E-state index is 0.0839. The Morgan fingerprint density at radius 2 is 1.64 bits per heavy atom. The van der Waals surface area contributed by atoms with Gasteiger partial charge >= 0.3 is 5.97 Å². The van der Waals surface area contributed by atoms with E-state index >= 15 is 0 Å². The standard InChI is InChI=1S/C19H29NO4Si/c1-17(2,3)23-16(22)11-14(21)13-9-10-15(20-12-13)19(7,8)24-25-18(4,5)6/h9-10,12H,11H2,1-8H3. The Morgan fingerprint density at radius 1 is 1.04 bits per heavy atom. The van der Waals surface area contributed by atoms with E-state index in [9.17, 15) is 9.59 Å². The molecule has 138 valence electrons. The molecular formula is C19H29NO4Si. The first-order valence-corrected chi connectivity index (χ1v) is 9.27.